The van der Waals surface area contributed by atoms with E-state index in [0.29, 0.717) is 17.9 Å². The third-order valence-corrected chi connectivity index (χ3v) is 6.93. The predicted molar refractivity (Wildman–Crippen MR) is 127 cm³/mol. The second-order valence-corrected chi connectivity index (χ2v) is 9.49. The summed E-state index contributed by atoms with van der Waals surface area (Å²) < 4.78 is 0. The Kier molecular flexibility index (Phi) is 12.0. The minimum absolute atomic E-state index is 0.0268. The van der Waals surface area contributed by atoms with Crippen LogP contribution in [-0.2, 0) is 4.79 Å². The molecule has 0 bridgehead atoms. The van der Waals surface area contributed by atoms with Crippen molar-refractivity contribution in [3.8, 4) is 0 Å². The van der Waals surface area contributed by atoms with Gasteiger partial charge in [-0.1, -0.05) is 95.9 Å². The van der Waals surface area contributed by atoms with Crippen molar-refractivity contribution < 1.29 is 9.59 Å². The van der Waals surface area contributed by atoms with Crippen LogP contribution in [0.4, 0.5) is 0 Å². The van der Waals surface area contributed by atoms with E-state index in [2.05, 4.69) is 26.0 Å². The second kappa shape index (κ2) is 14.5. The van der Waals surface area contributed by atoms with E-state index in [1.807, 2.05) is 12.1 Å². The van der Waals surface area contributed by atoms with Crippen LogP contribution in [0.3, 0.4) is 0 Å². The van der Waals surface area contributed by atoms with E-state index in [1.165, 1.54) is 82.6 Å². The first-order valence-electron chi connectivity index (χ1n) is 12.8. The number of unbranched alkanes of at least 4 members (excludes halogenated alkanes) is 7. The lowest BCUT2D eigenvalue weighted by Gasteiger charge is -2.29. The average Bonchev–Trinajstić information content (AvgIpc) is 2.77. The lowest BCUT2D eigenvalue weighted by Crippen LogP contribution is -2.13. The van der Waals surface area contributed by atoms with Crippen LogP contribution >= 0.6 is 0 Å². The lowest BCUT2D eigenvalue weighted by molar-refractivity contribution is -0.118. The van der Waals surface area contributed by atoms with Crippen LogP contribution in [-0.4, -0.2) is 11.6 Å². The maximum atomic E-state index is 12.3. The molecule has 0 heterocycles. The molecule has 0 saturated heterocycles. The fourth-order valence-electron chi connectivity index (χ4n) is 4.86. The van der Waals surface area contributed by atoms with E-state index in [9.17, 15) is 9.59 Å². The summed E-state index contributed by atoms with van der Waals surface area (Å²) in [5.41, 5.74) is 2.06. The third kappa shape index (κ3) is 9.14. The summed E-state index contributed by atoms with van der Waals surface area (Å²) in [6.45, 7) is 4.35. The number of benzene rings is 1. The van der Waals surface area contributed by atoms with Gasteiger partial charge in [0.2, 0.25) is 0 Å². The van der Waals surface area contributed by atoms with E-state index in [-0.39, 0.29) is 18.0 Å². The molecule has 168 valence electrons. The van der Waals surface area contributed by atoms with Crippen molar-refractivity contribution in [1.29, 1.82) is 0 Å². The Morgan fingerprint density at radius 2 is 1.37 bits per heavy atom. The average molecular weight is 413 g/mol. The Labute approximate surface area is 185 Å². The van der Waals surface area contributed by atoms with Gasteiger partial charge in [-0.3, -0.25) is 9.59 Å². The Morgan fingerprint density at radius 1 is 0.767 bits per heavy atom. The van der Waals surface area contributed by atoms with E-state index < -0.39 is 0 Å². The zero-order chi connectivity index (χ0) is 21.6. The molecular weight excluding hydrogens is 368 g/mol. The number of Topliss-reactive ketones (excluding diaryl/α,β-unsaturated/α-hetero) is 2. The zero-order valence-electron chi connectivity index (χ0n) is 19.6. The summed E-state index contributed by atoms with van der Waals surface area (Å²) in [6, 6.07) is 8.14. The molecular formula is C28H44O2. The molecule has 0 unspecified atom stereocenters. The van der Waals surface area contributed by atoms with Crippen LogP contribution in [0.2, 0.25) is 0 Å². The number of rotatable bonds is 15. The molecule has 1 saturated carbocycles. The van der Waals surface area contributed by atoms with Crippen LogP contribution < -0.4 is 0 Å². The number of carbonyl (C=O) groups excluding carboxylic acids is 2. The van der Waals surface area contributed by atoms with Gasteiger partial charge < -0.3 is 0 Å². The number of hydrogen-bond donors (Lipinski definition) is 0. The van der Waals surface area contributed by atoms with Crippen molar-refractivity contribution in [2.24, 2.45) is 5.92 Å². The largest absolute Gasteiger partial charge is 0.299 e. The summed E-state index contributed by atoms with van der Waals surface area (Å²) >= 11 is 0. The third-order valence-electron chi connectivity index (χ3n) is 6.93. The van der Waals surface area contributed by atoms with E-state index >= 15 is 0 Å². The van der Waals surface area contributed by atoms with Gasteiger partial charge in [-0.15, -0.1) is 0 Å². The van der Waals surface area contributed by atoms with E-state index in [1.54, 1.807) is 0 Å². The first-order chi connectivity index (χ1) is 14.6. The van der Waals surface area contributed by atoms with Crippen molar-refractivity contribution in [2.45, 2.75) is 122 Å². The standard InChI is InChI=1S/C28H44O2/c1-3-5-7-8-9-10-11-12-23-14-16-24(17-15-23)25-18-20-26(21-19-25)28(30)22-27(29)13-6-4-2/h18-21,23-24H,3-17,22H2,1-2H3. The molecule has 2 heteroatoms. The highest BCUT2D eigenvalue weighted by molar-refractivity contribution is 6.07. The van der Waals surface area contributed by atoms with Crippen LogP contribution in [0.25, 0.3) is 0 Å². The van der Waals surface area contributed by atoms with Crippen molar-refractivity contribution in [2.75, 3.05) is 0 Å². The van der Waals surface area contributed by atoms with Crippen LogP contribution in [0.15, 0.2) is 24.3 Å². The normalized spacial score (nSPS) is 19.0. The Balaban J connectivity index is 1.67. The van der Waals surface area contributed by atoms with Gasteiger partial charge in [0, 0.05) is 12.0 Å². The fraction of sp³-hybridized carbons (Fsp3) is 0.714. The zero-order valence-corrected chi connectivity index (χ0v) is 19.6. The highest BCUT2D eigenvalue weighted by Gasteiger charge is 2.22. The minimum atomic E-state index is -0.0268. The first-order valence-corrected chi connectivity index (χ1v) is 12.8. The summed E-state index contributed by atoms with van der Waals surface area (Å²) in [7, 11) is 0. The lowest BCUT2D eigenvalue weighted by atomic mass is 9.77. The molecule has 0 aliphatic heterocycles. The fourth-order valence-corrected chi connectivity index (χ4v) is 4.86. The molecule has 0 aromatic heterocycles. The predicted octanol–water partition coefficient (Wildman–Crippen LogP) is 8.43. The van der Waals surface area contributed by atoms with Gasteiger partial charge in [0.1, 0.15) is 5.78 Å². The summed E-state index contributed by atoms with van der Waals surface area (Å²) in [6.07, 6.45) is 19.0. The quantitative estimate of drug-likeness (QED) is 0.164. The minimum Gasteiger partial charge on any atom is -0.299 e. The first kappa shape index (κ1) is 24.8. The van der Waals surface area contributed by atoms with Gasteiger partial charge in [-0.25, -0.2) is 0 Å². The summed E-state index contributed by atoms with van der Waals surface area (Å²) in [5.74, 6) is 1.61. The molecule has 30 heavy (non-hydrogen) atoms. The monoisotopic (exact) mass is 412 g/mol. The maximum Gasteiger partial charge on any atom is 0.170 e. The van der Waals surface area contributed by atoms with E-state index in [0.717, 1.165) is 18.8 Å². The molecule has 1 aromatic rings. The molecule has 2 rings (SSSR count). The number of ketones is 2. The molecule has 0 N–H and O–H groups in total. The molecule has 1 fully saturated rings. The molecule has 0 radical (unpaired) electrons. The number of carbonyl (C=O) groups is 2. The summed E-state index contributed by atoms with van der Waals surface area (Å²) in [4.78, 5) is 24.2. The molecule has 0 spiro atoms. The van der Waals surface area contributed by atoms with Crippen molar-refractivity contribution in [1.82, 2.24) is 0 Å². The molecule has 0 atom stereocenters. The van der Waals surface area contributed by atoms with Crippen molar-refractivity contribution in [3.05, 3.63) is 35.4 Å². The van der Waals surface area contributed by atoms with Crippen LogP contribution in [0.1, 0.15) is 138 Å². The molecule has 1 aromatic carbocycles. The highest BCUT2D eigenvalue weighted by atomic mass is 16.1. The van der Waals surface area contributed by atoms with Crippen LogP contribution in [0.5, 0.6) is 0 Å². The van der Waals surface area contributed by atoms with Gasteiger partial charge >= 0.3 is 0 Å². The molecule has 1 aliphatic rings. The second-order valence-electron chi connectivity index (χ2n) is 9.49. The topological polar surface area (TPSA) is 34.1 Å². The van der Waals surface area contributed by atoms with Gasteiger partial charge in [0.05, 0.1) is 6.42 Å². The van der Waals surface area contributed by atoms with Gasteiger partial charge in [-0.2, -0.15) is 0 Å². The van der Waals surface area contributed by atoms with Gasteiger partial charge in [0.15, 0.2) is 5.78 Å². The highest BCUT2D eigenvalue weighted by Crippen LogP contribution is 2.37. The molecule has 0 amide bonds. The van der Waals surface area contributed by atoms with Crippen molar-refractivity contribution in [3.63, 3.8) is 0 Å². The molecule has 2 nitrogen and oxygen atoms in total. The SMILES string of the molecule is CCCCCCCCCC1CCC(c2ccc(C(=O)CC(=O)CCCC)cc2)CC1. The summed E-state index contributed by atoms with van der Waals surface area (Å²) in [5, 5.41) is 0. The van der Waals surface area contributed by atoms with Crippen molar-refractivity contribution >= 4 is 11.6 Å². The van der Waals surface area contributed by atoms with Crippen LogP contribution in [0, 0.1) is 5.92 Å². The smallest absolute Gasteiger partial charge is 0.170 e. The number of hydrogen-bond acceptors (Lipinski definition) is 2. The molecule has 1 aliphatic carbocycles. The van der Waals surface area contributed by atoms with Gasteiger partial charge in [0.25, 0.3) is 0 Å². The Bertz CT molecular complexity index is 608. The Hall–Kier alpha value is -1.44. The van der Waals surface area contributed by atoms with E-state index in [4.69, 9.17) is 0 Å². The Morgan fingerprint density at radius 3 is 2.00 bits per heavy atom. The van der Waals surface area contributed by atoms with Gasteiger partial charge in [-0.05, 0) is 49.5 Å². The maximum absolute atomic E-state index is 12.3.